The molecule has 1 amide bonds. The van der Waals surface area contributed by atoms with Crippen molar-refractivity contribution >= 4 is 5.91 Å². The van der Waals surface area contributed by atoms with E-state index in [-0.39, 0.29) is 5.91 Å². The van der Waals surface area contributed by atoms with Gasteiger partial charge in [0.15, 0.2) is 0 Å². The van der Waals surface area contributed by atoms with Crippen molar-refractivity contribution in [2.75, 3.05) is 32.7 Å². The Morgan fingerprint density at radius 1 is 1.24 bits per heavy atom. The molecule has 0 saturated carbocycles. The van der Waals surface area contributed by atoms with Gasteiger partial charge < -0.3 is 10.2 Å². The third-order valence-electron chi connectivity index (χ3n) is 4.19. The maximum atomic E-state index is 11.3. The number of nitrogens with zero attached hydrogens (tertiary/aromatic N) is 2. The number of piperazine rings is 1. The van der Waals surface area contributed by atoms with Crippen LogP contribution in [0.3, 0.4) is 0 Å². The molecule has 2 heterocycles. The zero-order valence-electron chi connectivity index (χ0n) is 11.3. The van der Waals surface area contributed by atoms with Gasteiger partial charge in [-0.15, -0.1) is 0 Å². The number of piperidine rings is 1. The van der Waals surface area contributed by atoms with Crippen LogP contribution >= 0.6 is 0 Å². The van der Waals surface area contributed by atoms with E-state index in [2.05, 4.69) is 24.1 Å². The largest absolute Gasteiger partial charge is 0.340 e. The van der Waals surface area contributed by atoms with Crippen molar-refractivity contribution in [1.82, 2.24) is 15.1 Å². The van der Waals surface area contributed by atoms with Crippen LogP contribution in [0.1, 0.15) is 33.6 Å². The van der Waals surface area contributed by atoms with E-state index in [0.717, 1.165) is 32.7 Å². The van der Waals surface area contributed by atoms with Crippen molar-refractivity contribution in [3.63, 3.8) is 0 Å². The highest BCUT2D eigenvalue weighted by Crippen LogP contribution is 2.22. The first-order chi connectivity index (χ1) is 7.98. The van der Waals surface area contributed by atoms with Crippen LogP contribution in [-0.4, -0.2) is 60.0 Å². The molecule has 0 aromatic carbocycles. The Morgan fingerprint density at radius 3 is 2.35 bits per heavy atom. The molecule has 0 radical (unpaired) electrons. The molecule has 1 atom stereocenters. The first-order valence-electron chi connectivity index (χ1n) is 6.72. The molecule has 0 spiro atoms. The third-order valence-corrected chi connectivity index (χ3v) is 4.19. The van der Waals surface area contributed by atoms with Crippen LogP contribution in [0.2, 0.25) is 0 Å². The number of amides is 1. The van der Waals surface area contributed by atoms with E-state index >= 15 is 0 Å². The van der Waals surface area contributed by atoms with E-state index in [9.17, 15) is 4.79 Å². The minimum Gasteiger partial charge on any atom is -0.340 e. The fourth-order valence-electron chi connectivity index (χ4n) is 2.83. The van der Waals surface area contributed by atoms with Crippen molar-refractivity contribution in [2.24, 2.45) is 0 Å². The number of hydrogen-bond donors (Lipinski definition) is 1. The molecule has 0 aromatic rings. The molecule has 2 rings (SSSR count). The zero-order valence-corrected chi connectivity index (χ0v) is 11.3. The molecule has 2 aliphatic rings. The highest BCUT2D eigenvalue weighted by molar-refractivity contribution is 5.73. The Balaban J connectivity index is 1.80. The highest BCUT2D eigenvalue weighted by atomic mass is 16.2. The Bertz CT molecular complexity index is 272. The molecule has 2 aliphatic heterocycles. The first-order valence-corrected chi connectivity index (χ1v) is 6.72. The van der Waals surface area contributed by atoms with E-state index in [1.165, 1.54) is 12.8 Å². The maximum Gasteiger partial charge on any atom is 0.219 e. The van der Waals surface area contributed by atoms with Gasteiger partial charge in [0, 0.05) is 51.2 Å². The maximum absolute atomic E-state index is 11.3. The minimum absolute atomic E-state index is 0.215. The molecule has 1 N–H and O–H groups in total. The van der Waals surface area contributed by atoms with Crippen LogP contribution in [0.4, 0.5) is 0 Å². The summed E-state index contributed by atoms with van der Waals surface area (Å²) in [7, 11) is 0. The average Bonchev–Trinajstić information content (AvgIpc) is 2.29. The van der Waals surface area contributed by atoms with Gasteiger partial charge in [0.2, 0.25) is 5.91 Å². The average molecular weight is 239 g/mol. The predicted molar refractivity (Wildman–Crippen MR) is 68.9 cm³/mol. The summed E-state index contributed by atoms with van der Waals surface area (Å²) in [4.78, 5) is 15.8. The third kappa shape index (κ3) is 3.19. The summed E-state index contributed by atoms with van der Waals surface area (Å²) < 4.78 is 0. The summed E-state index contributed by atoms with van der Waals surface area (Å²) in [6.45, 7) is 11.2. The normalized spacial score (nSPS) is 30.3. The smallest absolute Gasteiger partial charge is 0.219 e. The topological polar surface area (TPSA) is 35.6 Å². The van der Waals surface area contributed by atoms with Crippen molar-refractivity contribution in [2.45, 2.75) is 45.2 Å². The molecular weight excluding hydrogens is 214 g/mol. The Kier molecular flexibility index (Phi) is 3.73. The van der Waals surface area contributed by atoms with E-state index in [1.54, 1.807) is 6.92 Å². The highest BCUT2D eigenvalue weighted by Gasteiger charge is 2.31. The number of rotatable bonds is 1. The monoisotopic (exact) mass is 239 g/mol. The fraction of sp³-hybridized carbons (Fsp3) is 0.923. The molecule has 0 bridgehead atoms. The summed E-state index contributed by atoms with van der Waals surface area (Å²) in [5, 5.41) is 3.62. The molecule has 0 aliphatic carbocycles. The van der Waals surface area contributed by atoms with Crippen LogP contribution in [-0.2, 0) is 4.79 Å². The van der Waals surface area contributed by atoms with Gasteiger partial charge in [-0.2, -0.15) is 0 Å². The van der Waals surface area contributed by atoms with Crippen LogP contribution in [0.15, 0.2) is 0 Å². The van der Waals surface area contributed by atoms with Crippen molar-refractivity contribution in [3.8, 4) is 0 Å². The van der Waals surface area contributed by atoms with Crippen LogP contribution in [0.5, 0.6) is 0 Å². The Hall–Kier alpha value is -0.610. The van der Waals surface area contributed by atoms with E-state index in [0.29, 0.717) is 11.6 Å². The van der Waals surface area contributed by atoms with Gasteiger partial charge in [-0.05, 0) is 26.7 Å². The fourth-order valence-corrected chi connectivity index (χ4v) is 2.83. The number of nitrogens with one attached hydrogen (secondary N) is 1. The molecule has 0 aromatic heterocycles. The second-order valence-electron chi connectivity index (χ2n) is 6.00. The van der Waals surface area contributed by atoms with Crippen molar-refractivity contribution < 1.29 is 4.79 Å². The van der Waals surface area contributed by atoms with Crippen molar-refractivity contribution in [1.29, 1.82) is 0 Å². The molecule has 17 heavy (non-hydrogen) atoms. The molecule has 2 fully saturated rings. The van der Waals surface area contributed by atoms with Gasteiger partial charge in [0.1, 0.15) is 0 Å². The predicted octanol–water partition coefficient (Wildman–Crippen LogP) is 0.681. The summed E-state index contributed by atoms with van der Waals surface area (Å²) in [5.74, 6) is 0.215. The molecule has 4 nitrogen and oxygen atoms in total. The Morgan fingerprint density at radius 2 is 1.88 bits per heavy atom. The van der Waals surface area contributed by atoms with Gasteiger partial charge in [-0.1, -0.05) is 0 Å². The van der Waals surface area contributed by atoms with Crippen LogP contribution in [0, 0.1) is 0 Å². The summed E-state index contributed by atoms with van der Waals surface area (Å²) in [6, 6.07) is 0.664. The standard InChI is InChI=1S/C13H25N3O/c1-11(17)15-6-8-16(9-7-15)12-4-5-13(2,3)14-10-12/h12,14H,4-10H2,1-3H3. The number of carbonyl (C=O) groups is 1. The van der Waals surface area contributed by atoms with Crippen LogP contribution < -0.4 is 5.32 Å². The quantitative estimate of drug-likeness (QED) is 0.731. The number of carbonyl (C=O) groups excluding carboxylic acids is 1. The SMILES string of the molecule is CC(=O)N1CCN(C2CCC(C)(C)NC2)CC1. The van der Waals surface area contributed by atoms with Gasteiger partial charge >= 0.3 is 0 Å². The van der Waals surface area contributed by atoms with E-state index in [4.69, 9.17) is 0 Å². The second kappa shape index (κ2) is 4.94. The second-order valence-corrected chi connectivity index (χ2v) is 6.00. The minimum atomic E-state index is 0.215. The van der Waals surface area contributed by atoms with Gasteiger partial charge in [0.05, 0.1) is 0 Å². The lowest BCUT2D eigenvalue weighted by Gasteiger charge is -2.44. The van der Waals surface area contributed by atoms with E-state index < -0.39 is 0 Å². The molecular formula is C13H25N3O. The van der Waals surface area contributed by atoms with Crippen molar-refractivity contribution in [3.05, 3.63) is 0 Å². The summed E-state index contributed by atoms with van der Waals surface area (Å²) in [6.07, 6.45) is 2.52. The Labute approximate surface area is 104 Å². The van der Waals surface area contributed by atoms with Gasteiger partial charge in [-0.3, -0.25) is 9.69 Å². The first kappa shape index (κ1) is 12.8. The zero-order chi connectivity index (χ0) is 12.5. The van der Waals surface area contributed by atoms with Crippen LogP contribution in [0.25, 0.3) is 0 Å². The summed E-state index contributed by atoms with van der Waals surface area (Å²) >= 11 is 0. The van der Waals surface area contributed by atoms with Gasteiger partial charge in [-0.25, -0.2) is 0 Å². The number of hydrogen-bond acceptors (Lipinski definition) is 3. The lowest BCUT2D eigenvalue weighted by atomic mass is 9.90. The van der Waals surface area contributed by atoms with Gasteiger partial charge in [0.25, 0.3) is 0 Å². The molecule has 2 saturated heterocycles. The molecule has 4 heteroatoms. The lowest BCUT2D eigenvalue weighted by molar-refractivity contribution is -0.130. The van der Waals surface area contributed by atoms with E-state index in [1.807, 2.05) is 4.90 Å². The molecule has 1 unspecified atom stereocenters. The molecule has 98 valence electrons. The summed E-state index contributed by atoms with van der Waals surface area (Å²) in [5.41, 5.74) is 0.303. The lowest BCUT2D eigenvalue weighted by Crippen LogP contribution is -2.58.